The molecule has 0 aromatic heterocycles. The van der Waals surface area contributed by atoms with E-state index in [-0.39, 0.29) is 5.91 Å². The van der Waals surface area contributed by atoms with Crippen LogP contribution in [0.2, 0.25) is 0 Å². The van der Waals surface area contributed by atoms with Crippen molar-refractivity contribution in [3.8, 4) is 0 Å². The molecule has 1 aliphatic rings. The minimum atomic E-state index is 0.0675. The number of carbonyl (C=O) groups is 1. The lowest BCUT2D eigenvalue weighted by Gasteiger charge is -2.35. The zero-order valence-electron chi connectivity index (χ0n) is 13.8. The number of nitrogens with zero attached hydrogens (tertiary/aromatic N) is 1. The molecule has 1 fully saturated rings. The van der Waals surface area contributed by atoms with Crippen LogP contribution in [0.4, 0.5) is 0 Å². The highest BCUT2D eigenvalue weighted by atomic mass is 16.1. The van der Waals surface area contributed by atoms with E-state index in [0.717, 1.165) is 24.2 Å². The third-order valence-electron chi connectivity index (χ3n) is 4.68. The molecular formula is C18H28N2O. The number of hydrogen-bond acceptors (Lipinski definition) is 2. The van der Waals surface area contributed by atoms with Gasteiger partial charge in [-0.25, -0.2) is 0 Å². The molecule has 1 aromatic carbocycles. The SMILES string of the molecule is Cc1cccc(C(=O)NCC2CCCN(C(C)C)C2)c1C. The van der Waals surface area contributed by atoms with Gasteiger partial charge in [-0.3, -0.25) is 4.79 Å². The average Bonchev–Trinajstić information content (AvgIpc) is 2.48. The Balaban J connectivity index is 1.90. The minimum absolute atomic E-state index is 0.0675. The van der Waals surface area contributed by atoms with Gasteiger partial charge in [0.2, 0.25) is 0 Å². The molecule has 0 saturated carbocycles. The Kier molecular flexibility index (Phi) is 5.40. The van der Waals surface area contributed by atoms with Gasteiger partial charge >= 0.3 is 0 Å². The molecule has 3 heteroatoms. The van der Waals surface area contributed by atoms with E-state index in [4.69, 9.17) is 0 Å². The van der Waals surface area contributed by atoms with E-state index in [1.54, 1.807) is 0 Å². The summed E-state index contributed by atoms with van der Waals surface area (Å²) >= 11 is 0. The fourth-order valence-corrected chi connectivity index (χ4v) is 3.06. The number of nitrogens with one attached hydrogen (secondary N) is 1. The van der Waals surface area contributed by atoms with Crippen LogP contribution >= 0.6 is 0 Å². The van der Waals surface area contributed by atoms with Crippen molar-refractivity contribution < 1.29 is 4.79 Å². The lowest BCUT2D eigenvalue weighted by Crippen LogP contribution is -2.43. The van der Waals surface area contributed by atoms with Gasteiger partial charge in [-0.2, -0.15) is 0 Å². The highest BCUT2D eigenvalue weighted by Gasteiger charge is 2.22. The Morgan fingerprint density at radius 2 is 2.14 bits per heavy atom. The summed E-state index contributed by atoms with van der Waals surface area (Å²) in [4.78, 5) is 14.9. The van der Waals surface area contributed by atoms with Crippen LogP contribution in [0, 0.1) is 19.8 Å². The number of rotatable bonds is 4. The molecule has 1 aromatic rings. The summed E-state index contributed by atoms with van der Waals surface area (Å²) in [5, 5.41) is 3.13. The molecule has 1 unspecified atom stereocenters. The third-order valence-corrected chi connectivity index (χ3v) is 4.68. The molecule has 0 bridgehead atoms. The van der Waals surface area contributed by atoms with Gasteiger partial charge in [-0.05, 0) is 70.2 Å². The maximum Gasteiger partial charge on any atom is 0.251 e. The van der Waals surface area contributed by atoms with E-state index in [1.165, 1.54) is 24.9 Å². The first-order valence-corrected chi connectivity index (χ1v) is 8.07. The van der Waals surface area contributed by atoms with Crippen LogP contribution in [0.25, 0.3) is 0 Å². The molecule has 0 aliphatic carbocycles. The first kappa shape index (κ1) is 16.0. The van der Waals surface area contributed by atoms with Gasteiger partial charge in [0.15, 0.2) is 0 Å². The third kappa shape index (κ3) is 4.07. The van der Waals surface area contributed by atoms with E-state index in [1.807, 2.05) is 32.0 Å². The molecule has 3 nitrogen and oxygen atoms in total. The first-order chi connectivity index (χ1) is 9.99. The topological polar surface area (TPSA) is 32.3 Å². The predicted molar refractivity (Wildman–Crippen MR) is 87.7 cm³/mol. The summed E-state index contributed by atoms with van der Waals surface area (Å²) in [6.07, 6.45) is 2.46. The summed E-state index contributed by atoms with van der Waals surface area (Å²) < 4.78 is 0. The van der Waals surface area contributed by atoms with Crippen LogP contribution < -0.4 is 5.32 Å². The molecule has 0 radical (unpaired) electrons. The average molecular weight is 288 g/mol. The Bertz CT molecular complexity index is 496. The second-order valence-corrected chi connectivity index (χ2v) is 6.55. The zero-order chi connectivity index (χ0) is 15.4. The van der Waals surface area contributed by atoms with Gasteiger partial charge < -0.3 is 10.2 Å². The summed E-state index contributed by atoms with van der Waals surface area (Å²) in [7, 11) is 0. The first-order valence-electron chi connectivity index (χ1n) is 8.07. The highest BCUT2D eigenvalue weighted by Crippen LogP contribution is 2.18. The van der Waals surface area contributed by atoms with Crippen LogP contribution in [0.1, 0.15) is 48.2 Å². The second-order valence-electron chi connectivity index (χ2n) is 6.55. The van der Waals surface area contributed by atoms with Crippen LogP contribution in [-0.4, -0.2) is 36.5 Å². The molecule has 1 heterocycles. The monoisotopic (exact) mass is 288 g/mol. The van der Waals surface area contributed by atoms with Gasteiger partial charge in [0.25, 0.3) is 5.91 Å². The van der Waals surface area contributed by atoms with E-state index in [9.17, 15) is 4.79 Å². The number of benzene rings is 1. The van der Waals surface area contributed by atoms with Crippen molar-refractivity contribution >= 4 is 5.91 Å². The number of piperidine rings is 1. The van der Waals surface area contributed by atoms with E-state index < -0.39 is 0 Å². The number of carbonyl (C=O) groups excluding carboxylic acids is 1. The normalized spacial score (nSPS) is 19.8. The van der Waals surface area contributed by atoms with Crippen LogP contribution in [0.15, 0.2) is 18.2 Å². The predicted octanol–water partition coefficient (Wildman–Crippen LogP) is 3.15. The molecular weight excluding hydrogens is 260 g/mol. The van der Waals surface area contributed by atoms with Crippen molar-refractivity contribution in [1.82, 2.24) is 10.2 Å². The lowest BCUT2D eigenvalue weighted by atomic mass is 9.96. The Morgan fingerprint density at radius 3 is 2.86 bits per heavy atom. The lowest BCUT2D eigenvalue weighted by molar-refractivity contribution is 0.0922. The summed E-state index contributed by atoms with van der Waals surface area (Å²) in [6.45, 7) is 11.6. The Labute approximate surface area is 128 Å². The largest absolute Gasteiger partial charge is 0.352 e. The molecule has 1 atom stereocenters. The van der Waals surface area contributed by atoms with E-state index in [0.29, 0.717) is 12.0 Å². The quantitative estimate of drug-likeness (QED) is 0.923. The maximum atomic E-state index is 12.4. The number of hydrogen-bond donors (Lipinski definition) is 1. The van der Waals surface area contributed by atoms with E-state index >= 15 is 0 Å². The molecule has 1 saturated heterocycles. The van der Waals surface area contributed by atoms with Crippen molar-refractivity contribution in [2.24, 2.45) is 5.92 Å². The van der Waals surface area contributed by atoms with Crippen LogP contribution in [0.5, 0.6) is 0 Å². The number of likely N-dealkylation sites (tertiary alicyclic amines) is 1. The summed E-state index contributed by atoms with van der Waals surface area (Å²) in [6, 6.07) is 6.52. The molecule has 1 N–H and O–H groups in total. The molecule has 1 amide bonds. The zero-order valence-corrected chi connectivity index (χ0v) is 13.8. The molecule has 2 rings (SSSR count). The van der Waals surface area contributed by atoms with Gasteiger partial charge in [0, 0.05) is 24.7 Å². The van der Waals surface area contributed by atoms with Crippen molar-refractivity contribution in [1.29, 1.82) is 0 Å². The Morgan fingerprint density at radius 1 is 1.38 bits per heavy atom. The Hall–Kier alpha value is -1.35. The summed E-state index contributed by atoms with van der Waals surface area (Å²) in [5.74, 6) is 0.646. The van der Waals surface area contributed by atoms with E-state index in [2.05, 4.69) is 24.1 Å². The number of aryl methyl sites for hydroxylation is 1. The highest BCUT2D eigenvalue weighted by molar-refractivity contribution is 5.95. The molecule has 116 valence electrons. The van der Waals surface area contributed by atoms with Gasteiger partial charge in [-0.15, -0.1) is 0 Å². The second kappa shape index (κ2) is 7.08. The maximum absolute atomic E-state index is 12.4. The number of amides is 1. The van der Waals surface area contributed by atoms with Crippen molar-refractivity contribution in [3.63, 3.8) is 0 Å². The van der Waals surface area contributed by atoms with Crippen LogP contribution in [0.3, 0.4) is 0 Å². The summed E-state index contributed by atoms with van der Waals surface area (Å²) in [5.41, 5.74) is 3.07. The van der Waals surface area contributed by atoms with Crippen LogP contribution in [-0.2, 0) is 0 Å². The van der Waals surface area contributed by atoms with Gasteiger partial charge in [-0.1, -0.05) is 12.1 Å². The molecule has 0 spiro atoms. The van der Waals surface area contributed by atoms with Crippen molar-refractivity contribution in [3.05, 3.63) is 34.9 Å². The van der Waals surface area contributed by atoms with Gasteiger partial charge in [0.05, 0.1) is 0 Å². The minimum Gasteiger partial charge on any atom is -0.352 e. The molecule has 1 aliphatic heterocycles. The fourth-order valence-electron chi connectivity index (χ4n) is 3.06. The fraction of sp³-hybridized carbons (Fsp3) is 0.611. The van der Waals surface area contributed by atoms with Crippen molar-refractivity contribution in [2.45, 2.75) is 46.6 Å². The van der Waals surface area contributed by atoms with Gasteiger partial charge in [0.1, 0.15) is 0 Å². The molecule has 21 heavy (non-hydrogen) atoms. The standard InChI is InChI=1S/C18H28N2O/c1-13(2)20-10-6-8-16(12-20)11-19-18(21)17-9-5-7-14(3)15(17)4/h5,7,9,13,16H,6,8,10-12H2,1-4H3,(H,19,21). The van der Waals surface area contributed by atoms with Crippen molar-refractivity contribution in [2.75, 3.05) is 19.6 Å². The smallest absolute Gasteiger partial charge is 0.251 e.